The Morgan fingerprint density at radius 3 is 2.88 bits per heavy atom. The molecule has 0 bridgehead atoms. The first-order chi connectivity index (χ1) is 8.31. The number of nitrogens with one attached hydrogen (secondary N) is 1. The van der Waals surface area contributed by atoms with Crippen molar-refractivity contribution in [2.24, 2.45) is 0 Å². The minimum absolute atomic E-state index is 0.106. The molecule has 2 heterocycles. The Balaban J connectivity index is 2.12. The summed E-state index contributed by atoms with van der Waals surface area (Å²) in [5, 5.41) is 3.00. The molecule has 0 saturated heterocycles. The lowest BCUT2D eigenvalue weighted by molar-refractivity contribution is 0.718. The van der Waals surface area contributed by atoms with Crippen LogP contribution in [0.1, 0.15) is 12.6 Å². The zero-order valence-corrected chi connectivity index (χ0v) is 9.63. The van der Waals surface area contributed by atoms with Crippen LogP contribution in [0.15, 0.2) is 41.6 Å². The average molecular weight is 230 g/mol. The van der Waals surface area contributed by atoms with Crippen LogP contribution in [0.25, 0.3) is 0 Å². The van der Waals surface area contributed by atoms with Gasteiger partial charge in [-0.25, -0.2) is 4.98 Å². The molecule has 17 heavy (non-hydrogen) atoms. The van der Waals surface area contributed by atoms with Crippen LogP contribution in [-0.2, 0) is 13.1 Å². The summed E-state index contributed by atoms with van der Waals surface area (Å²) >= 11 is 0. The summed E-state index contributed by atoms with van der Waals surface area (Å²) in [6.07, 6.45) is 5.01. The Morgan fingerprint density at radius 1 is 1.29 bits per heavy atom. The van der Waals surface area contributed by atoms with Gasteiger partial charge in [0.25, 0.3) is 5.56 Å². The number of hydrogen-bond acceptors (Lipinski definition) is 4. The molecular weight excluding hydrogens is 216 g/mol. The van der Waals surface area contributed by atoms with Gasteiger partial charge in [-0.2, -0.15) is 0 Å². The fourth-order valence-electron chi connectivity index (χ4n) is 1.49. The summed E-state index contributed by atoms with van der Waals surface area (Å²) in [5.41, 5.74) is 0.770. The van der Waals surface area contributed by atoms with Gasteiger partial charge in [-0.15, -0.1) is 0 Å². The minimum Gasteiger partial charge on any atom is -0.360 e. The van der Waals surface area contributed by atoms with E-state index in [1.54, 1.807) is 23.2 Å². The molecule has 2 aromatic heterocycles. The standard InChI is InChI=1S/C12H14N4O/c1-2-16-8-7-14-11(12(16)17)15-9-10-5-3-4-6-13-10/h3-8H,2,9H2,1H3,(H,14,15). The first kappa shape index (κ1) is 11.3. The molecule has 2 aromatic rings. The van der Waals surface area contributed by atoms with E-state index in [4.69, 9.17) is 0 Å². The Kier molecular flexibility index (Phi) is 3.49. The van der Waals surface area contributed by atoms with E-state index >= 15 is 0 Å². The van der Waals surface area contributed by atoms with Crippen LogP contribution in [0, 0.1) is 0 Å². The number of nitrogens with zero attached hydrogens (tertiary/aromatic N) is 3. The van der Waals surface area contributed by atoms with Gasteiger partial charge in [-0.05, 0) is 19.1 Å². The molecule has 0 spiro atoms. The van der Waals surface area contributed by atoms with Gasteiger partial charge in [0.2, 0.25) is 0 Å². The second-order valence-corrected chi connectivity index (χ2v) is 3.54. The van der Waals surface area contributed by atoms with E-state index in [2.05, 4.69) is 15.3 Å². The zero-order valence-electron chi connectivity index (χ0n) is 9.63. The highest BCUT2D eigenvalue weighted by molar-refractivity contribution is 5.31. The minimum atomic E-state index is -0.106. The van der Waals surface area contributed by atoms with Crippen LogP contribution in [0.2, 0.25) is 0 Å². The maximum absolute atomic E-state index is 11.8. The van der Waals surface area contributed by atoms with E-state index < -0.39 is 0 Å². The summed E-state index contributed by atoms with van der Waals surface area (Å²) in [6.45, 7) is 3.06. The van der Waals surface area contributed by atoms with Crippen LogP contribution in [-0.4, -0.2) is 14.5 Å². The fraction of sp³-hybridized carbons (Fsp3) is 0.250. The summed E-state index contributed by atoms with van der Waals surface area (Å²) in [5.74, 6) is 0.361. The maximum Gasteiger partial charge on any atom is 0.293 e. The van der Waals surface area contributed by atoms with E-state index in [9.17, 15) is 4.79 Å². The number of hydrogen-bond donors (Lipinski definition) is 1. The summed E-state index contributed by atoms with van der Waals surface area (Å²) in [6, 6.07) is 5.66. The largest absolute Gasteiger partial charge is 0.360 e. The molecule has 5 nitrogen and oxygen atoms in total. The molecule has 0 aliphatic heterocycles. The second kappa shape index (κ2) is 5.25. The first-order valence-corrected chi connectivity index (χ1v) is 5.50. The molecule has 0 radical (unpaired) electrons. The van der Waals surface area contributed by atoms with Crippen molar-refractivity contribution in [1.29, 1.82) is 0 Å². The highest BCUT2D eigenvalue weighted by Crippen LogP contribution is 1.98. The molecule has 0 saturated carbocycles. The topological polar surface area (TPSA) is 59.8 Å². The van der Waals surface area contributed by atoms with Gasteiger partial charge in [0.1, 0.15) is 0 Å². The lowest BCUT2D eigenvalue weighted by Gasteiger charge is -2.06. The van der Waals surface area contributed by atoms with Gasteiger partial charge in [0.15, 0.2) is 5.82 Å². The van der Waals surface area contributed by atoms with Gasteiger partial charge >= 0.3 is 0 Å². The van der Waals surface area contributed by atoms with E-state index in [1.165, 1.54) is 0 Å². The summed E-state index contributed by atoms with van der Waals surface area (Å²) < 4.78 is 1.60. The number of anilines is 1. The highest BCUT2D eigenvalue weighted by Gasteiger charge is 2.03. The molecule has 2 rings (SSSR count). The zero-order chi connectivity index (χ0) is 12.1. The monoisotopic (exact) mass is 230 g/mol. The SMILES string of the molecule is CCn1ccnc(NCc2ccccn2)c1=O. The molecule has 0 aliphatic rings. The van der Waals surface area contributed by atoms with Crippen molar-refractivity contribution in [3.63, 3.8) is 0 Å². The number of aryl methyl sites for hydroxylation is 1. The van der Waals surface area contributed by atoms with Crippen LogP contribution in [0.4, 0.5) is 5.82 Å². The Hall–Kier alpha value is -2.17. The highest BCUT2D eigenvalue weighted by atomic mass is 16.1. The van der Waals surface area contributed by atoms with E-state index in [1.807, 2.05) is 25.1 Å². The lowest BCUT2D eigenvalue weighted by atomic mass is 10.3. The van der Waals surface area contributed by atoms with Crippen molar-refractivity contribution < 1.29 is 0 Å². The first-order valence-electron chi connectivity index (χ1n) is 5.50. The Bertz CT molecular complexity index is 536. The molecule has 5 heteroatoms. The van der Waals surface area contributed by atoms with Gasteiger partial charge in [-0.1, -0.05) is 6.07 Å². The molecule has 0 aliphatic carbocycles. The fourth-order valence-corrected chi connectivity index (χ4v) is 1.49. The van der Waals surface area contributed by atoms with Crippen molar-refractivity contribution >= 4 is 5.82 Å². The molecule has 88 valence electrons. The normalized spacial score (nSPS) is 10.2. The van der Waals surface area contributed by atoms with Gasteiger partial charge in [0, 0.05) is 25.1 Å². The quantitative estimate of drug-likeness (QED) is 0.859. The van der Waals surface area contributed by atoms with Crippen LogP contribution in [0.3, 0.4) is 0 Å². The Morgan fingerprint density at radius 2 is 2.18 bits per heavy atom. The van der Waals surface area contributed by atoms with Crippen molar-refractivity contribution in [1.82, 2.24) is 14.5 Å². The maximum atomic E-state index is 11.8. The average Bonchev–Trinajstić information content (AvgIpc) is 2.39. The number of aromatic nitrogens is 3. The predicted molar refractivity (Wildman–Crippen MR) is 65.7 cm³/mol. The van der Waals surface area contributed by atoms with Crippen molar-refractivity contribution in [3.8, 4) is 0 Å². The third-order valence-corrected chi connectivity index (χ3v) is 2.42. The molecular formula is C12H14N4O. The number of rotatable bonds is 4. The van der Waals surface area contributed by atoms with Crippen molar-refractivity contribution in [2.75, 3.05) is 5.32 Å². The van der Waals surface area contributed by atoms with E-state index in [-0.39, 0.29) is 5.56 Å². The lowest BCUT2D eigenvalue weighted by Crippen LogP contribution is -2.23. The molecule has 0 fully saturated rings. The van der Waals surface area contributed by atoms with Crippen molar-refractivity contribution in [3.05, 3.63) is 52.8 Å². The molecule has 0 unspecified atom stereocenters. The van der Waals surface area contributed by atoms with Crippen molar-refractivity contribution in [2.45, 2.75) is 20.0 Å². The molecule has 1 N–H and O–H groups in total. The van der Waals surface area contributed by atoms with Gasteiger partial charge in [-0.3, -0.25) is 9.78 Å². The third kappa shape index (κ3) is 2.69. The Labute approximate surface area is 99.2 Å². The molecule has 0 aromatic carbocycles. The molecule has 0 atom stereocenters. The van der Waals surface area contributed by atoms with Gasteiger partial charge in [0.05, 0.1) is 12.2 Å². The van der Waals surface area contributed by atoms with Crippen LogP contribution >= 0.6 is 0 Å². The van der Waals surface area contributed by atoms with Crippen LogP contribution in [0.5, 0.6) is 0 Å². The van der Waals surface area contributed by atoms with Gasteiger partial charge < -0.3 is 9.88 Å². The summed E-state index contributed by atoms with van der Waals surface area (Å²) in [7, 11) is 0. The van der Waals surface area contributed by atoms with E-state index in [0.717, 1.165) is 5.69 Å². The predicted octanol–water partition coefficient (Wildman–Crippen LogP) is 1.27. The number of pyridine rings is 1. The summed E-state index contributed by atoms with van der Waals surface area (Å²) in [4.78, 5) is 20.0. The van der Waals surface area contributed by atoms with E-state index in [0.29, 0.717) is 18.9 Å². The smallest absolute Gasteiger partial charge is 0.293 e. The third-order valence-electron chi connectivity index (χ3n) is 2.42. The van der Waals surface area contributed by atoms with Crippen LogP contribution < -0.4 is 10.9 Å². The molecule has 0 amide bonds. The second-order valence-electron chi connectivity index (χ2n) is 3.54.